The van der Waals surface area contributed by atoms with E-state index in [9.17, 15) is 4.79 Å². The normalized spacial score (nSPS) is 20.4. The van der Waals surface area contributed by atoms with Crippen molar-refractivity contribution in [2.75, 3.05) is 70.3 Å². The molecule has 0 saturated carbocycles. The Bertz CT molecular complexity index is 533. The lowest BCUT2D eigenvalue weighted by molar-refractivity contribution is 0.0636. The van der Waals surface area contributed by atoms with Crippen molar-refractivity contribution in [3.63, 3.8) is 0 Å². The van der Waals surface area contributed by atoms with Gasteiger partial charge in [0.15, 0.2) is 11.5 Å². The molecule has 7 heteroatoms. The summed E-state index contributed by atoms with van der Waals surface area (Å²) in [6.45, 7) is 14.0. The maximum atomic E-state index is 12.5. The Balaban J connectivity index is 1.57. The fourth-order valence-electron chi connectivity index (χ4n) is 3.33. The molecule has 2 saturated heterocycles. The second-order valence-electron chi connectivity index (χ2n) is 6.42. The fraction of sp³-hybridized carbons (Fsp3) is 0.706. The number of piperazine rings is 2. The summed E-state index contributed by atoms with van der Waals surface area (Å²) in [6.07, 6.45) is 0. The lowest BCUT2D eigenvalue weighted by atomic mass is 10.2. The van der Waals surface area contributed by atoms with Crippen LogP contribution in [0.25, 0.3) is 0 Å². The number of hydrogen-bond acceptors (Lipinski definition) is 6. The third-order valence-corrected chi connectivity index (χ3v) is 5.12. The Morgan fingerprint density at radius 2 is 1.46 bits per heavy atom. The van der Waals surface area contributed by atoms with Gasteiger partial charge in [0.2, 0.25) is 0 Å². The number of likely N-dealkylation sites (N-methyl/N-ethyl adjacent to an activating group) is 2. The zero-order valence-corrected chi connectivity index (χ0v) is 14.8. The molecular formula is C17H28N6O. The summed E-state index contributed by atoms with van der Waals surface area (Å²) >= 11 is 0. The average molecular weight is 332 g/mol. The Hall–Kier alpha value is -1.73. The number of amides is 1. The van der Waals surface area contributed by atoms with E-state index >= 15 is 0 Å². The molecule has 3 heterocycles. The van der Waals surface area contributed by atoms with Crippen LogP contribution in [0.15, 0.2) is 12.1 Å². The molecular weight excluding hydrogens is 304 g/mol. The standard InChI is InChI=1S/C17H28N6O/c1-3-20-7-11-22(12-8-20)16-6-5-15(18-19-16)17(24)23-13-9-21(4-2)10-14-23/h5-6H,3-4,7-14H2,1-2H3. The molecule has 0 aliphatic carbocycles. The van der Waals surface area contributed by atoms with E-state index in [4.69, 9.17) is 0 Å². The van der Waals surface area contributed by atoms with Gasteiger partial charge in [-0.3, -0.25) is 4.79 Å². The van der Waals surface area contributed by atoms with Gasteiger partial charge in [0.25, 0.3) is 5.91 Å². The number of aromatic nitrogens is 2. The lowest BCUT2D eigenvalue weighted by Gasteiger charge is -2.35. The molecule has 2 aliphatic rings. The van der Waals surface area contributed by atoms with E-state index in [1.807, 2.05) is 17.0 Å². The predicted octanol–water partition coefficient (Wildman–Crippen LogP) is 0.396. The molecule has 132 valence electrons. The molecule has 0 unspecified atom stereocenters. The molecule has 1 amide bonds. The molecule has 24 heavy (non-hydrogen) atoms. The summed E-state index contributed by atoms with van der Waals surface area (Å²) in [7, 11) is 0. The lowest BCUT2D eigenvalue weighted by Crippen LogP contribution is -2.48. The minimum absolute atomic E-state index is 0.000561. The second kappa shape index (κ2) is 7.90. The minimum Gasteiger partial charge on any atom is -0.353 e. The third kappa shape index (κ3) is 3.84. The highest BCUT2D eigenvalue weighted by atomic mass is 16.2. The number of carbonyl (C=O) groups is 1. The summed E-state index contributed by atoms with van der Waals surface area (Å²) in [6, 6.07) is 3.76. The Morgan fingerprint density at radius 3 is 1.96 bits per heavy atom. The van der Waals surface area contributed by atoms with Crippen molar-refractivity contribution in [1.29, 1.82) is 0 Å². The summed E-state index contributed by atoms with van der Waals surface area (Å²) in [5.41, 5.74) is 0.455. The van der Waals surface area contributed by atoms with Crippen LogP contribution in [-0.4, -0.2) is 96.3 Å². The van der Waals surface area contributed by atoms with Gasteiger partial charge in [0.1, 0.15) is 0 Å². The van der Waals surface area contributed by atoms with Gasteiger partial charge in [0.05, 0.1) is 0 Å². The van der Waals surface area contributed by atoms with Crippen LogP contribution in [0.5, 0.6) is 0 Å². The van der Waals surface area contributed by atoms with Crippen LogP contribution in [0, 0.1) is 0 Å². The van der Waals surface area contributed by atoms with Crippen LogP contribution in [0.1, 0.15) is 24.3 Å². The monoisotopic (exact) mass is 332 g/mol. The highest BCUT2D eigenvalue weighted by molar-refractivity contribution is 5.92. The molecule has 2 aliphatic heterocycles. The van der Waals surface area contributed by atoms with Gasteiger partial charge in [0, 0.05) is 52.4 Å². The van der Waals surface area contributed by atoms with Crippen molar-refractivity contribution in [2.45, 2.75) is 13.8 Å². The second-order valence-corrected chi connectivity index (χ2v) is 6.42. The van der Waals surface area contributed by atoms with Crippen LogP contribution in [0.3, 0.4) is 0 Å². The molecule has 0 N–H and O–H groups in total. The van der Waals surface area contributed by atoms with Gasteiger partial charge in [-0.05, 0) is 25.2 Å². The van der Waals surface area contributed by atoms with Crippen molar-refractivity contribution in [3.8, 4) is 0 Å². The van der Waals surface area contributed by atoms with Gasteiger partial charge in [-0.2, -0.15) is 0 Å². The number of carbonyl (C=O) groups excluding carboxylic acids is 1. The SMILES string of the molecule is CCN1CCN(C(=O)c2ccc(N3CCN(CC)CC3)nn2)CC1. The van der Waals surface area contributed by atoms with Crippen LogP contribution >= 0.6 is 0 Å². The summed E-state index contributed by atoms with van der Waals surface area (Å²) < 4.78 is 0. The highest BCUT2D eigenvalue weighted by Crippen LogP contribution is 2.14. The predicted molar refractivity (Wildman–Crippen MR) is 94.4 cm³/mol. The van der Waals surface area contributed by atoms with E-state index in [0.29, 0.717) is 5.69 Å². The Morgan fingerprint density at radius 1 is 0.875 bits per heavy atom. The van der Waals surface area contributed by atoms with E-state index in [0.717, 1.165) is 71.3 Å². The number of hydrogen-bond donors (Lipinski definition) is 0. The Labute approximate surface area is 144 Å². The number of rotatable bonds is 4. The van der Waals surface area contributed by atoms with Crippen LogP contribution in [-0.2, 0) is 0 Å². The van der Waals surface area contributed by atoms with E-state index in [2.05, 4.69) is 38.7 Å². The quantitative estimate of drug-likeness (QED) is 0.795. The molecule has 0 bridgehead atoms. The van der Waals surface area contributed by atoms with Crippen LogP contribution in [0.4, 0.5) is 5.82 Å². The smallest absolute Gasteiger partial charge is 0.274 e. The van der Waals surface area contributed by atoms with E-state index < -0.39 is 0 Å². The van der Waals surface area contributed by atoms with Gasteiger partial charge >= 0.3 is 0 Å². The summed E-state index contributed by atoms with van der Waals surface area (Å²) in [4.78, 5) is 21.5. The molecule has 2 fully saturated rings. The van der Waals surface area contributed by atoms with E-state index in [1.54, 1.807) is 0 Å². The first-order chi connectivity index (χ1) is 11.7. The summed E-state index contributed by atoms with van der Waals surface area (Å²) in [5.74, 6) is 0.874. The van der Waals surface area contributed by atoms with Gasteiger partial charge in [-0.15, -0.1) is 10.2 Å². The molecule has 0 aromatic carbocycles. The first-order valence-electron chi connectivity index (χ1n) is 9.04. The molecule has 0 atom stereocenters. The van der Waals surface area contributed by atoms with Gasteiger partial charge < -0.3 is 19.6 Å². The van der Waals surface area contributed by atoms with E-state index in [1.165, 1.54) is 0 Å². The first-order valence-corrected chi connectivity index (χ1v) is 9.04. The van der Waals surface area contributed by atoms with Crippen molar-refractivity contribution < 1.29 is 4.79 Å². The number of anilines is 1. The van der Waals surface area contributed by atoms with E-state index in [-0.39, 0.29) is 5.91 Å². The summed E-state index contributed by atoms with van der Waals surface area (Å²) in [5, 5.41) is 8.50. The van der Waals surface area contributed by atoms with Gasteiger partial charge in [-0.25, -0.2) is 0 Å². The highest BCUT2D eigenvalue weighted by Gasteiger charge is 2.23. The Kier molecular flexibility index (Phi) is 5.63. The number of nitrogens with zero attached hydrogens (tertiary/aromatic N) is 6. The average Bonchev–Trinajstić information content (AvgIpc) is 2.68. The zero-order chi connectivity index (χ0) is 16.9. The first kappa shape index (κ1) is 17.1. The minimum atomic E-state index is 0.000561. The van der Waals surface area contributed by atoms with Crippen LogP contribution in [0.2, 0.25) is 0 Å². The van der Waals surface area contributed by atoms with Crippen molar-refractivity contribution >= 4 is 11.7 Å². The maximum absolute atomic E-state index is 12.5. The topological polar surface area (TPSA) is 55.8 Å². The molecule has 0 radical (unpaired) electrons. The largest absolute Gasteiger partial charge is 0.353 e. The van der Waals surface area contributed by atoms with Crippen molar-refractivity contribution in [3.05, 3.63) is 17.8 Å². The van der Waals surface area contributed by atoms with Crippen molar-refractivity contribution in [1.82, 2.24) is 24.9 Å². The molecule has 1 aromatic heterocycles. The fourth-order valence-corrected chi connectivity index (χ4v) is 3.33. The molecule has 0 spiro atoms. The zero-order valence-electron chi connectivity index (χ0n) is 14.8. The van der Waals surface area contributed by atoms with Gasteiger partial charge in [-0.1, -0.05) is 13.8 Å². The van der Waals surface area contributed by atoms with Crippen LogP contribution < -0.4 is 4.90 Å². The third-order valence-electron chi connectivity index (χ3n) is 5.12. The molecule has 3 rings (SSSR count). The van der Waals surface area contributed by atoms with Crippen molar-refractivity contribution in [2.24, 2.45) is 0 Å². The molecule has 1 aromatic rings. The maximum Gasteiger partial charge on any atom is 0.274 e. The molecule has 7 nitrogen and oxygen atoms in total.